The monoisotopic (exact) mass is 426 g/mol. The third-order valence-corrected chi connectivity index (χ3v) is 6.44. The van der Waals surface area contributed by atoms with Crippen LogP contribution in [0.15, 0.2) is 22.7 Å². The van der Waals surface area contributed by atoms with Crippen molar-refractivity contribution >= 4 is 15.9 Å². The first-order chi connectivity index (χ1) is 13.7. The fourth-order valence-electron chi connectivity index (χ4n) is 3.33. The van der Waals surface area contributed by atoms with Crippen LogP contribution in [0, 0.1) is 11.6 Å². The van der Waals surface area contributed by atoms with Gasteiger partial charge in [0.1, 0.15) is 11.6 Å². The lowest BCUT2D eigenvalue weighted by Crippen LogP contribution is -2.62. The molecule has 1 saturated heterocycles. The van der Waals surface area contributed by atoms with Crippen LogP contribution in [0.2, 0.25) is 0 Å². The summed E-state index contributed by atoms with van der Waals surface area (Å²) in [5.74, 6) is -0.953. The second kappa shape index (κ2) is 7.45. The molecule has 11 heteroatoms. The van der Waals surface area contributed by atoms with Crippen LogP contribution in [-0.4, -0.2) is 65.6 Å². The van der Waals surface area contributed by atoms with E-state index >= 15 is 0 Å². The van der Waals surface area contributed by atoms with Crippen molar-refractivity contribution in [2.75, 3.05) is 25.9 Å². The van der Waals surface area contributed by atoms with Gasteiger partial charge in [-0.25, -0.2) is 17.2 Å². The van der Waals surface area contributed by atoms with E-state index in [1.807, 2.05) is 0 Å². The summed E-state index contributed by atoms with van der Waals surface area (Å²) in [6.45, 7) is 0.407. The summed E-state index contributed by atoms with van der Waals surface area (Å²) in [7, 11) is -3.53. The molecule has 4 rings (SSSR count). The molecule has 2 aliphatic rings. The molecule has 1 aromatic carbocycles. The Balaban J connectivity index is 1.38. The fraction of sp³-hybridized carbons (Fsp3) is 0.500. The number of hydrogen-bond acceptors (Lipinski definition) is 6. The first-order valence-corrected chi connectivity index (χ1v) is 11.1. The highest BCUT2D eigenvalue weighted by Crippen LogP contribution is 2.38. The summed E-state index contributed by atoms with van der Waals surface area (Å²) in [6.07, 6.45) is 3.44. The zero-order valence-corrected chi connectivity index (χ0v) is 16.5. The van der Waals surface area contributed by atoms with E-state index < -0.39 is 33.6 Å². The first kappa shape index (κ1) is 19.9. The second-order valence-corrected chi connectivity index (χ2v) is 9.37. The SMILES string of the molecule is CS(=O)(=O)N(CCc1noc(C2CC2)n1)C1CN(C(=O)c2ccc(F)cc2F)C1. The van der Waals surface area contributed by atoms with Gasteiger partial charge in [0.25, 0.3) is 5.91 Å². The van der Waals surface area contributed by atoms with Crippen molar-refractivity contribution in [1.29, 1.82) is 0 Å². The number of carbonyl (C=O) groups excluding carboxylic acids is 1. The average molecular weight is 426 g/mol. The summed E-state index contributed by atoms with van der Waals surface area (Å²) >= 11 is 0. The molecule has 156 valence electrons. The predicted molar refractivity (Wildman–Crippen MR) is 97.6 cm³/mol. The van der Waals surface area contributed by atoms with Crippen molar-refractivity contribution in [3.05, 3.63) is 47.1 Å². The van der Waals surface area contributed by atoms with Crippen molar-refractivity contribution in [2.24, 2.45) is 0 Å². The second-order valence-electron chi connectivity index (χ2n) is 7.43. The van der Waals surface area contributed by atoms with Crippen LogP contribution in [0.5, 0.6) is 0 Å². The molecule has 8 nitrogen and oxygen atoms in total. The van der Waals surface area contributed by atoms with Crippen molar-refractivity contribution in [1.82, 2.24) is 19.3 Å². The molecule has 0 N–H and O–H groups in total. The molecule has 0 radical (unpaired) electrons. The molecule has 0 spiro atoms. The number of amides is 1. The van der Waals surface area contributed by atoms with E-state index in [-0.39, 0.29) is 25.2 Å². The Morgan fingerprint density at radius 3 is 2.66 bits per heavy atom. The third-order valence-electron chi connectivity index (χ3n) is 5.11. The summed E-state index contributed by atoms with van der Waals surface area (Å²) in [5, 5.41) is 3.89. The molecule has 0 atom stereocenters. The van der Waals surface area contributed by atoms with Gasteiger partial charge in [0.05, 0.1) is 17.9 Å². The molecule has 1 saturated carbocycles. The summed E-state index contributed by atoms with van der Waals surface area (Å²) < 4.78 is 57.7. The number of aromatic nitrogens is 2. The van der Waals surface area contributed by atoms with E-state index in [9.17, 15) is 22.0 Å². The first-order valence-electron chi connectivity index (χ1n) is 9.26. The lowest BCUT2D eigenvalue weighted by Gasteiger charge is -2.44. The van der Waals surface area contributed by atoms with Crippen LogP contribution in [0.25, 0.3) is 0 Å². The number of halogens is 2. The van der Waals surface area contributed by atoms with Gasteiger partial charge in [-0.05, 0) is 25.0 Å². The summed E-state index contributed by atoms with van der Waals surface area (Å²) in [4.78, 5) is 18.0. The minimum absolute atomic E-state index is 0.127. The van der Waals surface area contributed by atoms with Gasteiger partial charge in [0.2, 0.25) is 15.9 Å². The highest BCUT2D eigenvalue weighted by Gasteiger charge is 2.39. The number of nitrogens with zero attached hydrogens (tertiary/aromatic N) is 4. The van der Waals surface area contributed by atoms with E-state index in [4.69, 9.17) is 4.52 Å². The van der Waals surface area contributed by atoms with E-state index in [0.717, 1.165) is 31.2 Å². The Kier molecular flexibility index (Phi) is 5.11. The Morgan fingerprint density at radius 1 is 1.31 bits per heavy atom. The van der Waals surface area contributed by atoms with Crippen molar-refractivity contribution < 1.29 is 26.5 Å². The van der Waals surface area contributed by atoms with Crippen LogP contribution < -0.4 is 0 Å². The van der Waals surface area contributed by atoms with E-state index in [1.54, 1.807) is 0 Å². The number of likely N-dealkylation sites (tertiary alicyclic amines) is 1. The van der Waals surface area contributed by atoms with Gasteiger partial charge in [-0.1, -0.05) is 5.16 Å². The zero-order valence-electron chi connectivity index (χ0n) is 15.7. The maximum atomic E-state index is 13.8. The molecule has 2 aromatic rings. The minimum Gasteiger partial charge on any atom is -0.339 e. The highest BCUT2D eigenvalue weighted by atomic mass is 32.2. The molecular weight excluding hydrogens is 406 g/mol. The maximum absolute atomic E-state index is 13.8. The van der Waals surface area contributed by atoms with Gasteiger partial charge in [0, 0.05) is 38.0 Å². The van der Waals surface area contributed by atoms with Crippen LogP contribution in [0.4, 0.5) is 8.78 Å². The van der Waals surface area contributed by atoms with Crippen LogP contribution in [0.3, 0.4) is 0 Å². The van der Waals surface area contributed by atoms with Crippen molar-refractivity contribution in [3.8, 4) is 0 Å². The molecule has 29 heavy (non-hydrogen) atoms. The smallest absolute Gasteiger partial charge is 0.256 e. The maximum Gasteiger partial charge on any atom is 0.256 e. The largest absolute Gasteiger partial charge is 0.339 e. The Hall–Kier alpha value is -2.40. The van der Waals surface area contributed by atoms with Gasteiger partial charge in [0.15, 0.2) is 5.82 Å². The van der Waals surface area contributed by atoms with Crippen molar-refractivity contribution in [2.45, 2.75) is 31.2 Å². The van der Waals surface area contributed by atoms with E-state index in [1.165, 1.54) is 9.21 Å². The van der Waals surface area contributed by atoms with Crippen LogP contribution in [0.1, 0.15) is 40.8 Å². The Morgan fingerprint density at radius 2 is 2.03 bits per heavy atom. The number of hydrogen-bond donors (Lipinski definition) is 0. The van der Waals surface area contributed by atoms with Gasteiger partial charge in [-0.15, -0.1) is 0 Å². The fourth-order valence-corrected chi connectivity index (χ4v) is 4.43. The topological polar surface area (TPSA) is 96.6 Å². The molecule has 2 fully saturated rings. The highest BCUT2D eigenvalue weighted by molar-refractivity contribution is 7.88. The van der Waals surface area contributed by atoms with Crippen LogP contribution in [-0.2, 0) is 16.4 Å². The molecule has 1 aliphatic heterocycles. The molecule has 1 amide bonds. The van der Waals surface area contributed by atoms with Gasteiger partial charge in [-0.3, -0.25) is 4.79 Å². The Bertz CT molecular complexity index is 1030. The Labute approximate surface area is 166 Å². The average Bonchev–Trinajstić information content (AvgIpc) is 3.34. The number of carbonyl (C=O) groups is 1. The van der Waals surface area contributed by atoms with Gasteiger partial charge < -0.3 is 9.42 Å². The summed E-state index contributed by atoms with van der Waals surface area (Å²) in [6, 6.07) is 2.32. The molecular formula is C18H20F2N4O4S. The van der Waals surface area contributed by atoms with Crippen molar-refractivity contribution in [3.63, 3.8) is 0 Å². The molecule has 1 aromatic heterocycles. The van der Waals surface area contributed by atoms with E-state index in [2.05, 4.69) is 10.1 Å². The molecule has 2 heterocycles. The third kappa shape index (κ3) is 4.30. The van der Waals surface area contributed by atoms with Gasteiger partial charge >= 0.3 is 0 Å². The molecule has 1 aliphatic carbocycles. The minimum atomic E-state index is -3.53. The lowest BCUT2D eigenvalue weighted by molar-refractivity contribution is 0.0449. The quantitative estimate of drug-likeness (QED) is 0.667. The predicted octanol–water partition coefficient (Wildman–Crippen LogP) is 1.55. The van der Waals surface area contributed by atoms with Crippen LogP contribution >= 0.6 is 0 Å². The van der Waals surface area contributed by atoms with E-state index in [0.29, 0.717) is 30.1 Å². The molecule has 0 bridgehead atoms. The number of rotatable bonds is 7. The normalized spacial score (nSPS) is 17.6. The standard InChI is InChI=1S/C18H20F2N4O4S/c1-29(26,27)24(7-6-16-21-17(28-22-16)11-2-3-11)13-9-23(10-13)18(25)14-5-4-12(19)8-15(14)20/h4-5,8,11,13H,2-3,6-7,9-10H2,1H3. The number of benzene rings is 1. The van der Waals surface area contributed by atoms with Gasteiger partial charge in [-0.2, -0.15) is 9.29 Å². The number of sulfonamides is 1. The zero-order chi connectivity index (χ0) is 20.8. The molecule has 0 unspecified atom stereocenters. The lowest BCUT2D eigenvalue weighted by atomic mass is 10.1. The summed E-state index contributed by atoms with van der Waals surface area (Å²) in [5.41, 5.74) is -0.241.